The van der Waals surface area contributed by atoms with Gasteiger partial charge in [0.25, 0.3) is 0 Å². The Hall–Kier alpha value is -3.25. The highest BCUT2D eigenvalue weighted by Crippen LogP contribution is 2.31. The molecule has 5 nitrogen and oxygen atoms in total. The molecular formula is C30H37N3O2. The van der Waals surface area contributed by atoms with Crippen molar-refractivity contribution in [2.75, 3.05) is 19.9 Å². The maximum atomic E-state index is 12.1. The van der Waals surface area contributed by atoms with E-state index in [1.54, 1.807) is 6.92 Å². The van der Waals surface area contributed by atoms with Gasteiger partial charge in [-0.25, -0.2) is 4.79 Å². The molecule has 0 bridgehead atoms. The first kappa shape index (κ1) is 26.4. The van der Waals surface area contributed by atoms with Crippen LogP contribution in [-0.4, -0.2) is 30.8 Å². The van der Waals surface area contributed by atoms with E-state index in [1.165, 1.54) is 27.8 Å². The van der Waals surface area contributed by atoms with Gasteiger partial charge in [-0.2, -0.15) is 0 Å². The van der Waals surface area contributed by atoms with Gasteiger partial charge in [0, 0.05) is 25.5 Å². The van der Waals surface area contributed by atoms with E-state index in [2.05, 4.69) is 81.1 Å². The summed E-state index contributed by atoms with van der Waals surface area (Å²) in [5.74, 6) is -0.386. The van der Waals surface area contributed by atoms with Crippen molar-refractivity contribution in [3.63, 3.8) is 0 Å². The van der Waals surface area contributed by atoms with E-state index in [9.17, 15) is 4.79 Å². The van der Waals surface area contributed by atoms with Crippen molar-refractivity contribution in [1.29, 1.82) is 0 Å². The minimum atomic E-state index is -0.386. The maximum Gasteiger partial charge on any atom is 0.333 e. The zero-order chi connectivity index (χ0) is 25.4. The first-order valence-corrected chi connectivity index (χ1v) is 12.1. The van der Waals surface area contributed by atoms with Gasteiger partial charge in [0.1, 0.15) is 6.61 Å². The van der Waals surface area contributed by atoms with Crippen LogP contribution in [0, 0.1) is 6.92 Å². The number of hydrogen-bond acceptors (Lipinski definition) is 5. The van der Waals surface area contributed by atoms with Crippen LogP contribution < -0.4 is 11.5 Å². The van der Waals surface area contributed by atoms with E-state index >= 15 is 0 Å². The molecule has 0 fully saturated rings. The van der Waals surface area contributed by atoms with Crippen molar-refractivity contribution < 1.29 is 9.53 Å². The van der Waals surface area contributed by atoms with E-state index in [4.69, 9.17) is 16.2 Å². The normalized spacial score (nSPS) is 11.0. The lowest BCUT2D eigenvalue weighted by molar-refractivity contribution is -0.140. The lowest BCUT2D eigenvalue weighted by Crippen LogP contribution is -2.36. The minimum Gasteiger partial charge on any atom is -0.457 e. The number of carbonyl (C=O) groups excluding carboxylic acids is 1. The highest BCUT2D eigenvalue weighted by Gasteiger charge is 2.13. The van der Waals surface area contributed by atoms with Crippen molar-refractivity contribution in [2.45, 2.75) is 40.2 Å². The fraction of sp³-hybridized carbons (Fsp3) is 0.300. The number of carbonyl (C=O) groups is 1. The Kier molecular flexibility index (Phi) is 9.38. The standard InChI is InChI=1S/C30H37N3O2/c1-5-23-16-26(24-8-6-22(4)7-9-24)12-13-29(23)27-11-10-25(14-15-33(19-31)20-32)28(17-27)18-35-30(34)21(2)3/h6-13,16-17H,2,5,14-15,18-20,31-32H2,1,3-4H3. The van der Waals surface area contributed by atoms with Gasteiger partial charge in [-0.3, -0.25) is 4.90 Å². The summed E-state index contributed by atoms with van der Waals surface area (Å²) in [4.78, 5) is 14.0. The molecule has 3 rings (SSSR count). The molecule has 0 aromatic heterocycles. The van der Waals surface area contributed by atoms with Gasteiger partial charge in [-0.15, -0.1) is 0 Å². The van der Waals surface area contributed by atoms with Gasteiger partial charge in [-0.05, 0) is 71.7 Å². The summed E-state index contributed by atoms with van der Waals surface area (Å²) in [5.41, 5.74) is 21.3. The number of hydrogen-bond donors (Lipinski definition) is 2. The number of benzene rings is 3. The fourth-order valence-electron chi connectivity index (χ4n) is 4.07. The van der Waals surface area contributed by atoms with E-state index in [-0.39, 0.29) is 12.6 Å². The lowest BCUT2D eigenvalue weighted by atomic mass is 9.91. The second-order valence-electron chi connectivity index (χ2n) is 8.94. The third-order valence-corrected chi connectivity index (χ3v) is 6.31. The van der Waals surface area contributed by atoms with Crippen LogP contribution in [0.5, 0.6) is 0 Å². The first-order valence-electron chi connectivity index (χ1n) is 12.1. The summed E-state index contributed by atoms with van der Waals surface area (Å²) < 4.78 is 5.52. The number of ether oxygens (including phenoxy) is 1. The molecule has 0 atom stereocenters. The van der Waals surface area contributed by atoms with Gasteiger partial charge in [0.2, 0.25) is 0 Å². The average Bonchev–Trinajstić information content (AvgIpc) is 2.88. The Morgan fingerprint density at radius 1 is 0.886 bits per heavy atom. The molecule has 0 amide bonds. The van der Waals surface area contributed by atoms with Crippen molar-refractivity contribution in [3.8, 4) is 22.3 Å². The van der Waals surface area contributed by atoms with Crippen LogP contribution in [0.15, 0.2) is 72.8 Å². The lowest BCUT2D eigenvalue weighted by Gasteiger charge is -2.19. The van der Waals surface area contributed by atoms with Gasteiger partial charge < -0.3 is 16.2 Å². The van der Waals surface area contributed by atoms with Crippen LogP contribution >= 0.6 is 0 Å². The first-order chi connectivity index (χ1) is 16.9. The highest BCUT2D eigenvalue weighted by atomic mass is 16.5. The predicted octanol–water partition coefficient (Wildman–Crippen LogP) is 5.19. The third kappa shape index (κ3) is 6.89. The molecule has 0 radical (unpaired) electrons. The molecule has 3 aromatic rings. The molecule has 0 aliphatic rings. The van der Waals surface area contributed by atoms with E-state index in [0.717, 1.165) is 36.1 Å². The molecule has 35 heavy (non-hydrogen) atoms. The Balaban J connectivity index is 1.95. The zero-order valence-corrected chi connectivity index (χ0v) is 21.1. The number of nitrogens with two attached hydrogens (primary N) is 2. The van der Waals surface area contributed by atoms with E-state index in [0.29, 0.717) is 18.9 Å². The number of nitrogens with zero attached hydrogens (tertiary/aromatic N) is 1. The molecule has 0 unspecified atom stereocenters. The van der Waals surface area contributed by atoms with Crippen molar-refractivity contribution in [3.05, 3.63) is 95.1 Å². The van der Waals surface area contributed by atoms with Crippen molar-refractivity contribution in [2.24, 2.45) is 11.5 Å². The Bertz CT molecular complexity index is 1160. The summed E-state index contributed by atoms with van der Waals surface area (Å²) >= 11 is 0. The van der Waals surface area contributed by atoms with E-state index < -0.39 is 0 Å². The van der Waals surface area contributed by atoms with E-state index in [1.807, 2.05) is 4.90 Å². The number of rotatable bonds is 11. The van der Waals surface area contributed by atoms with Crippen LogP contribution in [-0.2, 0) is 29.0 Å². The van der Waals surface area contributed by atoms with Crippen molar-refractivity contribution in [1.82, 2.24) is 4.90 Å². The smallest absolute Gasteiger partial charge is 0.333 e. The van der Waals surface area contributed by atoms with Crippen LogP contribution in [0.25, 0.3) is 22.3 Å². The van der Waals surface area contributed by atoms with Gasteiger partial charge >= 0.3 is 5.97 Å². The molecular weight excluding hydrogens is 434 g/mol. The molecule has 0 saturated heterocycles. The minimum absolute atomic E-state index is 0.197. The predicted molar refractivity (Wildman–Crippen MR) is 145 cm³/mol. The molecule has 184 valence electrons. The number of aryl methyl sites for hydroxylation is 2. The third-order valence-electron chi connectivity index (χ3n) is 6.31. The second-order valence-corrected chi connectivity index (χ2v) is 8.94. The van der Waals surface area contributed by atoms with Crippen LogP contribution in [0.2, 0.25) is 0 Å². The molecule has 0 aliphatic heterocycles. The van der Waals surface area contributed by atoms with Crippen LogP contribution in [0.1, 0.15) is 36.1 Å². The Morgan fingerprint density at radius 3 is 2.14 bits per heavy atom. The molecule has 0 heterocycles. The molecule has 0 saturated carbocycles. The van der Waals surface area contributed by atoms with Crippen LogP contribution in [0.4, 0.5) is 0 Å². The van der Waals surface area contributed by atoms with Crippen LogP contribution in [0.3, 0.4) is 0 Å². The van der Waals surface area contributed by atoms with Gasteiger partial charge in [0.05, 0.1) is 0 Å². The quantitative estimate of drug-likeness (QED) is 0.229. The Morgan fingerprint density at radius 2 is 1.51 bits per heavy atom. The largest absolute Gasteiger partial charge is 0.457 e. The summed E-state index contributed by atoms with van der Waals surface area (Å²) in [6, 6.07) is 21.7. The SMILES string of the molecule is C=C(C)C(=O)OCc1cc(-c2ccc(-c3ccc(C)cc3)cc2CC)ccc1CCN(CN)CN. The van der Waals surface area contributed by atoms with Gasteiger partial charge in [-0.1, -0.05) is 73.7 Å². The topological polar surface area (TPSA) is 81.6 Å². The molecule has 0 aliphatic carbocycles. The molecule has 3 aromatic carbocycles. The summed E-state index contributed by atoms with van der Waals surface area (Å²) in [5, 5.41) is 0. The molecule has 4 N–H and O–H groups in total. The second kappa shape index (κ2) is 12.5. The van der Waals surface area contributed by atoms with Crippen molar-refractivity contribution >= 4 is 5.97 Å². The average molecular weight is 472 g/mol. The number of esters is 1. The maximum absolute atomic E-state index is 12.1. The summed E-state index contributed by atoms with van der Waals surface area (Å²) in [6.45, 7) is 11.4. The summed E-state index contributed by atoms with van der Waals surface area (Å²) in [7, 11) is 0. The molecule has 5 heteroatoms. The van der Waals surface area contributed by atoms with Gasteiger partial charge in [0.15, 0.2) is 0 Å². The Labute approximate surface area is 209 Å². The fourth-order valence-corrected chi connectivity index (χ4v) is 4.07. The highest BCUT2D eigenvalue weighted by molar-refractivity contribution is 5.87. The zero-order valence-electron chi connectivity index (χ0n) is 21.1. The summed E-state index contributed by atoms with van der Waals surface area (Å²) in [6.07, 6.45) is 1.68. The molecule has 0 spiro atoms. The monoisotopic (exact) mass is 471 g/mol.